The molecule has 0 aromatic heterocycles. The van der Waals surface area contributed by atoms with Crippen molar-refractivity contribution in [3.8, 4) is 0 Å². The van der Waals surface area contributed by atoms with Gasteiger partial charge < -0.3 is 10.6 Å². The molecule has 0 saturated heterocycles. The fraction of sp³-hybridized carbons (Fsp3) is 0.462. The SMILES string of the molecule is C/C(=C\NC(C)C)[C@@H](c1ccccc1)[C@H](c1ccccc1)C(C)CNC(C)C. The van der Waals surface area contributed by atoms with Crippen molar-refractivity contribution < 1.29 is 0 Å². The third kappa shape index (κ3) is 6.53. The molecule has 2 heteroatoms. The number of rotatable bonds is 10. The van der Waals surface area contributed by atoms with E-state index in [1.54, 1.807) is 0 Å². The Morgan fingerprint density at radius 3 is 1.82 bits per heavy atom. The van der Waals surface area contributed by atoms with Crippen LogP contribution in [0.15, 0.2) is 72.4 Å². The molecule has 0 aliphatic heterocycles. The van der Waals surface area contributed by atoms with Gasteiger partial charge in [-0.15, -0.1) is 0 Å². The first-order valence-corrected chi connectivity index (χ1v) is 10.7. The maximum atomic E-state index is 3.66. The fourth-order valence-electron chi connectivity index (χ4n) is 3.88. The third-order valence-corrected chi connectivity index (χ3v) is 5.30. The predicted molar refractivity (Wildman–Crippen MR) is 123 cm³/mol. The molecule has 0 heterocycles. The van der Waals surface area contributed by atoms with Crippen molar-refractivity contribution in [1.82, 2.24) is 10.6 Å². The zero-order chi connectivity index (χ0) is 20.5. The molecule has 3 atom stereocenters. The van der Waals surface area contributed by atoms with Crippen LogP contribution in [0.25, 0.3) is 0 Å². The van der Waals surface area contributed by atoms with Crippen LogP contribution >= 0.6 is 0 Å². The Bertz CT molecular complexity index is 704. The maximum absolute atomic E-state index is 3.66. The van der Waals surface area contributed by atoms with Gasteiger partial charge in [0.1, 0.15) is 0 Å². The minimum Gasteiger partial charge on any atom is -0.389 e. The molecule has 152 valence electrons. The van der Waals surface area contributed by atoms with Crippen LogP contribution in [0.1, 0.15) is 64.5 Å². The highest BCUT2D eigenvalue weighted by molar-refractivity contribution is 5.36. The lowest BCUT2D eigenvalue weighted by molar-refractivity contribution is 0.380. The molecule has 0 spiro atoms. The van der Waals surface area contributed by atoms with E-state index in [1.165, 1.54) is 16.7 Å². The molecule has 28 heavy (non-hydrogen) atoms. The molecule has 0 amide bonds. The normalized spacial score (nSPS) is 15.5. The molecule has 0 bridgehead atoms. The third-order valence-electron chi connectivity index (χ3n) is 5.30. The van der Waals surface area contributed by atoms with Gasteiger partial charge in [0.2, 0.25) is 0 Å². The summed E-state index contributed by atoms with van der Waals surface area (Å²) in [5, 5.41) is 7.17. The van der Waals surface area contributed by atoms with Crippen LogP contribution < -0.4 is 10.6 Å². The molecule has 0 fully saturated rings. The minimum absolute atomic E-state index is 0.332. The first kappa shape index (κ1) is 22.2. The van der Waals surface area contributed by atoms with Crippen LogP contribution in [-0.4, -0.2) is 18.6 Å². The zero-order valence-corrected chi connectivity index (χ0v) is 18.4. The Hall–Kier alpha value is -2.06. The second kappa shape index (κ2) is 11.1. The number of nitrogens with one attached hydrogen (secondary N) is 2. The van der Waals surface area contributed by atoms with Crippen molar-refractivity contribution in [1.29, 1.82) is 0 Å². The highest BCUT2D eigenvalue weighted by Crippen LogP contribution is 2.42. The van der Waals surface area contributed by atoms with E-state index in [2.05, 4.69) is 119 Å². The van der Waals surface area contributed by atoms with Gasteiger partial charge in [0, 0.05) is 18.0 Å². The van der Waals surface area contributed by atoms with Gasteiger partial charge in [-0.1, -0.05) is 81.4 Å². The van der Waals surface area contributed by atoms with Gasteiger partial charge >= 0.3 is 0 Å². The molecule has 2 aromatic carbocycles. The summed E-state index contributed by atoms with van der Waals surface area (Å²) >= 11 is 0. The van der Waals surface area contributed by atoms with Gasteiger partial charge in [-0.05, 0) is 62.1 Å². The van der Waals surface area contributed by atoms with Crippen LogP contribution in [0.4, 0.5) is 0 Å². The Kier molecular flexibility index (Phi) is 8.79. The fourth-order valence-corrected chi connectivity index (χ4v) is 3.88. The van der Waals surface area contributed by atoms with Crippen molar-refractivity contribution >= 4 is 0 Å². The predicted octanol–water partition coefficient (Wildman–Crippen LogP) is 6.09. The molecular weight excluding hydrogens is 340 g/mol. The topological polar surface area (TPSA) is 24.1 Å². The van der Waals surface area contributed by atoms with Crippen molar-refractivity contribution in [3.05, 3.63) is 83.6 Å². The minimum atomic E-state index is 0.332. The highest BCUT2D eigenvalue weighted by atomic mass is 14.9. The summed E-state index contributed by atoms with van der Waals surface area (Å²) in [6.07, 6.45) is 2.22. The van der Waals surface area contributed by atoms with Crippen molar-refractivity contribution in [2.45, 2.75) is 65.5 Å². The standard InChI is InChI=1S/C26H38N2/c1-19(2)27-17-21(5)25(23-13-9-7-10-14-23)26(22(6)18-28-20(3)4)24-15-11-8-12-16-24/h7-17,19-20,22,25-28H,18H2,1-6H3/b21-17+/t22?,25-,26-/m0/s1. The molecule has 1 unspecified atom stereocenters. The first-order valence-electron chi connectivity index (χ1n) is 10.7. The van der Waals surface area contributed by atoms with E-state index < -0.39 is 0 Å². The monoisotopic (exact) mass is 378 g/mol. The Labute approximate surface area is 172 Å². The lowest BCUT2D eigenvalue weighted by atomic mass is 9.71. The van der Waals surface area contributed by atoms with Gasteiger partial charge in [0.05, 0.1) is 0 Å². The smallest absolute Gasteiger partial charge is 0.0199 e. The van der Waals surface area contributed by atoms with Crippen LogP contribution in [0.3, 0.4) is 0 Å². The number of hydrogen-bond acceptors (Lipinski definition) is 2. The lowest BCUT2D eigenvalue weighted by Gasteiger charge is -2.34. The van der Waals surface area contributed by atoms with E-state index in [9.17, 15) is 0 Å². The van der Waals surface area contributed by atoms with Gasteiger partial charge in [0.25, 0.3) is 0 Å². The largest absolute Gasteiger partial charge is 0.389 e. The number of benzene rings is 2. The number of hydrogen-bond donors (Lipinski definition) is 2. The summed E-state index contributed by atoms with van der Waals surface area (Å²) in [6, 6.07) is 22.9. The Balaban J connectivity index is 2.49. The van der Waals surface area contributed by atoms with E-state index in [-0.39, 0.29) is 0 Å². The number of allylic oxidation sites excluding steroid dienone is 1. The Morgan fingerprint density at radius 2 is 1.32 bits per heavy atom. The quantitative estimate of drug-likeness (QED) is 0.523. The van der Waals surface area contributed by atoms with E-state index in [1.807, 2.05) is 0 Å². The Morgan fingerprint density at radius 1 is 0.786 bits per heavy atom. The second-order valence-corrected chi connectivity index (χ2v) is 8.57. The average Bonchev–Trinajstić information content (AvgIpc) is 2.69. The molecule has 0 aliphatic carbocycles. The maximum Gasteiger partial charge on any atom is 0.0199 e. The van der Waals surface area contributed by atoms with Crippen LogP contribution in [0.2, 0.25) is 0 Å². The van der Waals surface area contributed by atoms with Crippen LogP contribution in [0.5, 0.6) is 0 Å². The van der Waals surface area contributed by atoms with Gasteiger partial charge in [-0.25, -0.2) is 0 Å². The molecule has 0 saturated carbocycles. The van der Waals surface area contributed by atoms with Crippen molar-refractivity contribution in [2.24, 2.45) is 5.92 Å². The van der Waals surface area contributed by atoms with E-state index in [4.69, 9.17) is 0 Å². The van der Waals surface area contributed by atoms with Gasteiger partial charge in [-0.3, -0.25) is 0 Å². The average molecular weight is 379 g/mol. The lowest BCUT2D eigenvalue weighted by Crippen LogP contribution is -2.33. The van der Waals surface area contributed by atoms with Gasteiger partial charge in [0.15, 0.2) is 0 Å². The molecule has 0 aliphatic rings. The summed E-state index contributed by atoms with van der Waals surface area (Å²) in [5.41, 5.74) is 4.17. The molecule has 2 N–H and O–H groups in total. The van der Waals surface area contributed by atoms with Crippen LogP contribution in [0, 0.1) is 5.92 Å². The summed E-state index contributed by atoms with van der Waals surface area (Å²) in [5.74, 6) is 1.23. The summed E-state index contributed by atoms with van der Waals surface area (Å²) < 4.78 is 0. The summed E-state index contributed by atoms with van der Waals surface area (Å²) in [4.78, 5) is 0. The van der Waals surface area contributed by atoms with Crippen LogP contribution in [-0.2, 0) is 0 Å². The molecule has 2 nitrogen and oxygen atoms in total. The summed E-state index contributed by atoms with van der Waals surface area (Å²) in [6.45, 7) is 14.5. The van der Waals surface area contributed by atoms with Crippen molar-refractivity contribution in [2.75, 3.05) is 6.54 Å². The second-order valence-electron chi connectivity index (χ2n) is 8.57. The van der Waals surface area contributed by atoms with Gasteiger partial charge in [-0.2, -0.15) is 0 Å². The zero-order valence-electron chi connectivity index (χ0n) is 18.4. The highest BCUT2D eigenvalue weighted by Gasteiger charge is 2.30. The van der Waals surface area contributed by atoms with Crippen molar-refractivity contribution in [3.63, 3.8) is 0 Å². The first-order chi connectivity index (χ1) is 13.4. The van der Waals surface area contributed by atoms with E-state index in [0.29, 0.717) is 29.8 Å². The van der Waals surface area contributed by atoms with E-state index >= 15 is 0 Å². The molecular formula is C26H38N2. The van der Waals surface area contributed by atoms with E-state index in [0.717, 1.165) is 6.54 Å². The molecule has 2 rings (SSSR count). The summed E-state index contributed by atoms with van der Waals surface area (Å²) in [7, 11) is 0. The molecule has 2 aromatic rings. The molecule has 0 radical (unpaired) electrons.